The van der Waals surface area contributed by atoms with Crippen LogP contribution >= 0.6 is 44.2 Å². The molecule has 0 saturated carbocycles. The molecule has 8 heteroatoms. The average Bonchev–Trinajstić information content (AvgIpc) is 2.37. The molecule has 0 unspecified atom stereocenters. The number of aromatic nitrogens is 1. The second-order valence-corrected chi connectivity index (χ2v) is 5.59. The van der Waals surface area contributed by atoms with Gasteiger partial charge in [0.05, 0.1) is 0 Å². The summed E-state index contributed by atoms with van der Waals surface area (Å²) in [5.41, 5.74) is 0.947. The Labute approximate surface area is 126 Å². The van der Waals surface area contributed by atoms with Gasteiger partial charge in [0.25, 0.3) is 0 Å². The molecule has 0 radical (unpaired) electrons. The summed E-state index contributed by atoms with van der Waals surface area (Å²) in [4.78, 5) is 3.05. The van der Waals surface area contributed by atoms with Crippen LogP contribution in [-0.2, 0) is 13.1 Å². The summed E-state index contributed by atoms with van der Waals surface area (Å²) >= 11 is 7.32. The zero-order chi connectivity index (χ0) is 13.1. The molecule has 0 saturated heterocycles. The fourth-order valence-electron chi connectivity index (χ4n) is 0.816. The molecule has 17 heavy (non-hydrogen) atoms. The molecule has 0 atom stereocenters. The van der Waals surface area contributed by atoms with Crippen molar-refractivity contribution in [3.63, 3.8) is 0 Å². The van der Waals surface area contributed by atoms with Crippen LogP contribution in [0.5, 0.6) is 0 Å². The zero-order valence-electron chi connectivity index (χ0n) is 9.16. The molecule has 99 valence electrons. The van der Waals surface area contributed by atoms with Crippen LogP contribution < -0.4 is 4.98 Å². The predicted octanol–water partition coefficient (Wildman–Crippen LogP) is 2.79. The minimum absolute atomic E-state index is 0.747. The van der Waals surface area contributed by atoms with E-state index in [-0.39, 0.29) is 0 Å². The van der Waals surface area contributed by atoms with Gasteiger partial charge in [-0.05, 0) is 12.3 Å². The number of aromatic amines is 1. The number of pyridine rings is 1. The van der Waals surface area contributed by atoms with Gasteiger partial charge in [0.1, 0.15) is 6.21 Å². The van der Waals surface area contributed by atoms with E-state index in [1.807, 2.05) is 37.7 Å². The number of H-pyrrole nitrogens is 1. The van der Waals surface area contributed by atoms with E-state index in [0.717, 1.165) is 23.1 Å². The van der Waals surface area contributed by atoms with Crippen LogP contribution in [0.2, 0.25) is 0 Å². The Hall–Kier alpha value is 0.159. The van der Waals surface area contributed by atoms with Gasteiger partial charge in [-0.3, -0.25) is 5.01 Å². The van der Waals surface area contributed by atoms with Crippen molar-refractivity contribution >= 4 is 54.7 Å². The van der Waals surface area contributed by atoms with Crippen molar-refractivity contribution < 1.29 is 18.1 Å². The van der Waals surface area contributed by atoms with E-state index in [2.05, 4.69) is 30.3 Å². The van der Waals surface area contributed by atoms with Gasteiger partial charge in [-0.1, -0.05) is 24.0 Å². The average molecular weight is 361 g/mol. The molecule has 0 aliphatic heterocycles. The molecular weight excluding hydrogens is 349 g/mol. The van der Waals surface area contributed by atoms with Crippen LogP contribution in [0.3, 0.4) is 0 Å². The third-order valence-corrected chi connectivity index (χ3v) is 2.92. The van der Waals surface area contributed by atoms with Gasteiger partial charge in [0.2, 0.25) is 5.69 Å². The van der Waals surface area contributed by atoms with Crippen molar-refractivity contribution in [1.82, 2.24) is 5.01 Å². The van der Waals surface area contributed by atoms with E-state index in [0.29, 0.717) is 0 Å². The van der Waals surface area contributed by atoms with Gasteiger partial charge in [0, 0.05) is 19.2 Å². The maximum atomic E-state index is 5.06. The summed E-state index contributed by atoms with van der Waals surface area (Å²) < 4.78 is 0.747. The van der Waals surface area contributed by atoms with Gasteiger partial charge in [-0.15, -0.1) is 0 Å². The first-order valence-electron chi connectivity index (χ1n) is 4.29. The molecule has 0 aliphatic rings. The number of rotatable bonds is 2. The second-order valence-electron chi connectivity index (χ2n) is 2.60. The van der Waals surface area contributed by atoms with Gasteiger partial charge in [0.15, 0.2) is 10.5 Å². The molecule has 1 aromatic heterocycles. The number of thioether (sulfide) groups is 1. The fraction of sp³-hybridized carbons (Fsp3) is 0.222. The second kappa shape index (κ2) is 11.3. The molecule has 0 aromatic carbocycles. The Bertz CT molecular complexity index is 351. The van der Waals surface area contributed by atoms with E-state index in [9.17, 15) is 0 Å². The minimum atomic E-state index is 0.747. The summed E-state index contributed by atoms with van der Waals surface area (Å²) in [6.07, 6.45) is 5.53. The summed E-state index contributed by atoms with van der Waals surface area (Å²) in [5.74, 6) is 0. The first-order chi connectivity index (χ1) is 8.15. The molecular formula is C9H12Cl2CuN3S2+. The first kappa shape index (κ1) is 17.2. The maximum absolute atomic E-state index is 5.06. The number of nitrogens with zero attached hydrogens (tertiary/aromatic N) is 2. The number of nitrogens with one attached hydrogen (secondary N) is 1. The number of hydrazone groups is 1. The molecule has 1 aromatic rings. The van der Waals surface area contributed by atoms with Crippen molar-refractivity contribution in [3.05, 3.63) is 30.1 Å². The SMILES string of the molecule is CSC(=S)N(C)N=Cc1cccc[nH+]1.[Cl][Cu][Cl]. The summed E-state index contributed by atoms with van der Waals surface area (Å²) in [6.45, 7) is 0. The molecule has 1 heterocycles. The third-order valence-electron chi connectivity index (χ3n) is 1.54. The number of hydrogen-bond donors (Lipinski definition) is 0. The van der Waals surface area contributed by atoms with E-state index in [1.54, 1.807) is 11.2 Å². The van der Waals surface area contributed by atoms with Crippen LogP contribution in [-0.4, -0.2) is 28.8 Å². The number of hydrogen-bond acceptors (Lipinski definition) is 3. The van der Waals surface area contributed by atoms with E-state index in [4.69, 9.17) is 12.2 Å². The Morgan fingerprint density at radius 1 is 1.59 bits per heavy atom. The van der Waals surface area contributed by atoms with Gasteiger partial charge in [-0.25, -0.2) is 4.98 Å². The number of thiocarbonyl (C=S) groups is 1. The molecule has 0 amide bonds. The van der Waals surface area contributed by atoms with Crippen LogP contribution in [0.4, 0.5) is 0 Å². The van der Waals surface area contributed by atoms with Crippen LogP contribution in [0.25, 0.3) is 0 Å². The normalized spacial score (nSPS) is 9.88. The Balaban J connectivity index is 0.000000770. The molecule has 1 N–H and O–H groups in total. The fourth-order valence-corrected chi connectivity index (χ4v) is 1.17. The monoisotopic (exact) mass is 359 g/mol. The number of halogens is 2. The van der Waals surface area contributed by atoms with E-state index < -0.39 is 0 Å². The van der Waals surface area contributed by atoms with Gasteiger partial charge in [-0.2, -0.15) is 5.10 Å². The Kier molecular flexibility index (Phi) is 11.4. The van der Waals surface area contributed by atoms with Crippen molar-refractivity contribution in [2.75, 3.05) is 13.3 Å². The predicted molar refractivity (Wildman–Crippen MR) is 76.2 cm³/mol. The van der Waals surface area contributed by atoms with Gasteiger partial charge < -0.3 is 0 Å². The van der Waals surface area contributed by atoms with Crippen molar-refractivity contribution in [3.8, 4) is 0 Å². The van der Waals surface area contributed by atoms with E-state index >= 15 is 0 Å². The van der Waals surface area contributed by atoms with Crippen molar-refractivity contribution in [2.24, 2.45) is 5.10 Å². The molecule has 0 aliphatic carbocycles. The molecule has 0 bridgehead atoms. The van der Waals surface area contributed by atoms with Crippen molar-refractivity contribution in [1.29, 1.82) is 0 Å². The molecule has 3 nitrogen and oxygen atoms in total. The first-order valence-corrected chi connectivity index (χ1v) is 8.51. The summed E-state index contributed by atoms with van der Waals surface area (Å²) in [7, 11) is 11.2. The van der Waals surface area contributed by atoms with Crippen molar-refractivity contribution in [2.45, 2.75) is 0 Å². The standard InChI is InChI=1S/C9H11N3S2.2ClH.Cu/c1-12(9(13)14-2)11-7-8-5-3-4-6-10-8;;;/h3-7H,1-2H3;2*1H;/q;;;+2/p-1. The van der Waals surface area contributed by atoms with Crippen LogP contribution in [0.1, 0.15) is 5.69 Å². The van der Waals surface area contributed by atoms with Crippen LogP contribution in [0, 0.1) is 0 Å². The summed E-state index contributed by atoms with van der Waals surface area (Å²) in [6, 6.07) is 5.82. The zero-order valence-corrected chi connectivity index (χ0v) is 13.2. The van der Waals surface area contributed by atoms with Gasteiger partial charge >= 0.3 is 33.3 Å². The quantitative estimate of drug-likeness (QED) is 0.351. The Morgan fingerprint density at radius 3 is 2.71 bits per heavy atom. The van der Waals surface area contributed by atoms with Crippen LogP contribution in [0.15, 0.2) is 29.5 Å². The molecule has 1 rings (SSSR count). The summed E-state index contributed by atoms with van der Waals surface area (Å²) in [5, 5.41) is 5.85. The third kappa shape index (κ3) is 8.83. The molecule has 0 fully saturated rings. The Morgan fingerprint density at radius 2 is 2.24 bits per heavy atom. The molecule has 0 spiro atoms. The van der Waals surface area contributed by atoms with E-state index in [1.165, 1.54) is 11.8 Å². The topological polar surface area (TPSA) is 29.7 Å².